The molecule has 0 aliphatic rings. The van der Waals surface area contributed by atoms with Crippen LogP contribution in [0.15, 0.2) is 18.2 Å². The number of carbonyl (C=O) groups excluding carboxylic acids is 1. The highest BCUT2D eigenvalue weighted by Crippen LogP contribution is 2.38. The first kappa shape index (κ1) is 14.0. The van der Waals surface area contributed by atoms with E-state index in [1.165, 1.54) is 13.0 Å². The molecule has 1 nitrogen and oxygen atoms in total. The number of benzene rings is 1. The third-order valence-corrected chi connectivity index (χ3v) is 3.76. The lowest BCUT2D eigenvalue weighted by Gasteiger charge is -2.15. The zero-order valence-electron chi connectivity index (χ0n) is 8.11. The van der Waals surface area contributed by atoms with E-state index >= 15 is 0 Å². The normalized spacial score (nSPS) is 13.6. The summed E-state index contributed by atoms with van der Waals surface area (Å²) in [6, 6.07) is 3.90. The molecule has 0 saturated heterocycles. The summed E-state index contributed by atoms with van der Waals surface area (Å²) >= 11 is 4.77. The molecule has 1 unspecified atom stereocenters. The largest absolute Gasteiger partial charge is 0.416 e. The van der Waals surface area contributed by atoms with Crippen LogP contribution in [0.3, 0.4) is 0 Å². The fourth-order valence-corrected chi connectivity index (χ4v) is 2.10. The second-order valence-electron chi connectivity index (χ2n) is 3.20. The van der Waals surface area contributed by atoms with Crippen molar-refractivity contribution in [3.05, 3.63) is 32.9 Å². The highest BCUT2D eigenvalue weighted by atomic mass is 127. The van der Waals surface area contributed by atoms with Crippen LogP contribution in [-0.4, -0.2) is 5.78 Å². The standard InChI is InChI=1S/C10H7BrF3IO/c1-5(16)9(11)7-3-2-6(15)4-8(7)10(12,13)14/h2-4,9H,1H3. The molecule has 0 aliphatic carbocycles. The predicted molar refractivity (Wildman–Crippen MR) is 66.5 cm³/mol. The summed E-state index contributed by atoms with van der Waals surface area (Å²) in [5.41, 5.74) is -0.808. The molecule has 1 aromatic carbocycles. The van der Waals surface area contributed by atoms with Gasteiger partial charge in [0.05, 0.1) is 10.4 Å². The van der Waals surface area contributed by atoms with Crippen molar-refractivity contribution in [3.8, 4) is 0 Å². The molecule has 0 heterocycles. The Labute approximate surface area is 113 Å². The molecule has 88 valence electrons. The van der Waals surface area contributed by atoms with E-state index in [9.17, 15) is 18.0 Å². The van der Waals surface area contributed by atoms with E-state index in [4.69, 9.17) is 0 Å². The van der Waals surface area contributed by atoms with Gasteiger partial charge in [0.2, 0.25) is 0 Å². The molecular weight excluding hydrogens is 400 g/mol. The Balaban J connectivity index is 3.34. The highest BCUT2D eigenvalue weighted by Gasteiger charge is 2.35. The van der Waals surface area contributed by atoms with Crippen molar-refractivity contribution in [1.29, 1.82) is 0 Å². The molecule has 0 amide bonds. The molecule has 0 aliphatic heterocycles. The second-order valence-corrected chi connectivity index (χ2v) is 5.36. The fraction of sp³-hybridized carbons (Fsp3) is 0.300. The molecule has 1 rings (SSSR count). The number of carbonyl (C=O) groups is 1. The lowest BCUT2D eigenvalue weighted by Crippen LogP contribution is -2.13. The summed E-state index contributed by atoms with van der Waals surface area (Å²) in [5.74, 6) is -0.355. The maximum absolute atomic E-state index is 12.7. The van der Waals surface area contributed by atoms with Crippen molar-refractivity contribution < 1.29 is 18.0 Å². The Bertz CT molecular complexity index is 417. The molecule has 0 spiro atoms. The van der Waals surface area contributed by atoms with Crippen molar-refractivity contribution in [2.24, 2.45) is 0 Å². The van der Waals surface area contributed by atoms with Gasteiger partial charge in [0.1, 0.15) is 5.78 Å². The van der Waals surface area contributed by atoms with Gasteiger partial charge in [0, 0.05) is 3.57 Å². The van der Waals surface area contributed by atoms with E-state index in [2.05, 4.69) is 15.9 Å². The van der Waals surface area contributed by atoms with Gasteiger partial charge in [-0.05, 0) is 47.2 Å². The molecule has 0 N–H and O–H groups in total. The first-order valence-electron chi connectivity index (χ1n) is 4.24. The van der Waals surface area contributed by atoms with E-state index in [-0.39, 0.29) is 11.3 Å². The van der Waals surface area contributed by atoms with Crippen molar-refractivity contribution in [2.45, 2.75) is 17.9 Å². The molecule has 0 aromatic heterocycles. The average molecular weight is 407 g/mol. The van der Waals surface area contributed by atoms with E-state index < -0.39 is 16.6 Å². The highest BCUT2D eigenvalue weighted by molar-refractivity contribution is 14.1. The van der Waals surface area contributed by atoms with Gasteiger partial charge in [-0.25, -0.2) is 0 Å². The van der Waals surface area contributed by atoms with Crippen LogP contribution in [0.4, 0.5) is 13.2 Å². The minimum absolute atomic E-state index is 0.0413. The van der Waals surface area contributed by atoms with Gasteiger partial charge in [-0.15, -0.1) is 0 Å². The van der Waals surface area contributed by atoms with Gasteiger partial charge >= 0.3 is 6.18 Å². The van der Waals surface area contributed by atoms with Gasteiger partial charge in [-0.3, -0.25) is 4.79 Å². The van der Waals surface area contributed by atoms with Gasteiger partial charge in [0.15, 0.2) is 0 Å². The van der Waals surface area contributed by atoms with Crippen molar-refractivity contribution in [3.63, 3.8) is 0 Å². The third-order valence-electron chi connectivity index (χ3n) is 1.95. The summed E-state index contributed by atoms with van der Waals surface area (Å²) in [6.07, 6.45) is -4.45. The van der Waals surface area contributed by atoms with Gasteiger partial charge in [-0.1, -0.05) is 22.0 Å². The molecular formula is C10H7BrF3IO. The molecule has 1 aromatic rings. The number of alkyl halides is 4. The summed E-state index contributed by atoms with van der Waals surface area (Å²) in [5, 5.41) is 0. The Morgan fingerprint density at radius 1 is 1.44 bits per heavy atom. The van der Waals surface area contributed by atoms with Crippen LogP contribution in [0.25, 0.3) is 0 Å². The molecule has 0 bridgehead atoms. The second kappa shape index (κ2) is 5.03. The molecule has 16 heavy (non-hydrogen) atoms. The minimum atomic E-state index is -4.45. The number of Topliss-reactive ketones (excluding diaryl/α,β-unsaturated/α-hetero) is 1. The maximum Gasteiger partial charge on any atom is 0.416 e. The van der Waals surface area contributed by atoms with Crippen LogP contribution in [0.1, 0.15) is 22.9 Å². The van der Waals surface area contributed by atoms with Crippen LogP contribution in [0, 0.1) is 3.57 Å². The average Bonchev–Trinajstić information content (AvgIpc) is 2.15. The smallest absolute Gasteiger partial charge is 0.298 e. The topological polar surface area (TPSA) is 17.1 Å². The summed E-state index contributed by atoms with van der Waals surface area (Å²) in [7, 11) is 0. The van der Waals surface area contributed by atoms with E-state index in [0.717, 1.165) is 6.07 Å². The lowest BCUT2D eigenvalue weighted by atomic mass is 10.0. The molecule has 0 saturated carbocycles. The Morgan fingerprint density at radius 2 is 2.00 bits per heavy atom. The van der Waals surface area contributed by atoms with Crippen LogP contribution in [0.2, 0.25) is 0 Å². The Morgan fingerprint density at radius 3 is 2.44 bits per heavy atom. The number of rotatable bonds is 2. The quantitative estimate of drug-likeness (QED) is 0.527. The first-order chi connectivity index (χ1) is 7.23. The van der Waals surface area contributed by atoms with E-state index in [0.29, 0.717) is 3.57 Å². The van der Waals surface area contributed by atoms with Crippen LogP contribution >= 0.6 is 38.5 Å². The van der Waals surface area contributed by atoms with Gasteiger partial charge < -0.3 is 0 Å². The fourth-order valence-electron chi connectivity index (χ4n) is 1.21. The van der Waals surface area contributed by atoms with Gasteiger partial charge in [0.25, 0.3) is 0 Å². The molecule has 0 radical (unpaired) electrons. The van der Waals surface area contributed by atoms with Crippen LogP contribution in [-0.2, 0) is 11.0 Å². The first-order valence-corrected chi connectivity index (χ1v) is 6.24. The van der Waals surface area contributed by atoms with Gasteiger partial charge in [-0.2, -0.15) is 13.2 Å². The van der Waals surface area contributed by atoms with Crippen LogP contribution in [0.5, 0.6) is 0 Å². The monoisotopic (exact) mass is 406 g/mol. The van der Waals surface area contributed by atoms with E-state index in [1.54, 1.807) is 28.7 Å². The molecule has 6 heteroatoms. The molecule has 1 atom stereocenters. The SMILES string of the molecule is CC(=O)C(Br)c1ccc(I)cc1C(F)(F)F. The number of halogens is 5. The summed E-state index contributed by atoms with van der Waals surface area (Å²) in [4.78, 5) is 10.2. The zero-order chi connectivity index (χ0) is 12.5. The van der Waals surface area contributed by atoms with Crippen molar-refractivity contribution >= 4 is 44.3 Å². The zero-order valence-corrected chi connectivity index (χ0v) is 11.9. The third kappa shape index (κ3) is 3.19. The predicted octanol–water partition coefficient (Wildman–Crippen LogP) is 4.34. The summed E-state index contributed by atoms with van der Waals surface area (Å²) < 4.78 is 38.6. The number of ketones is 1. The molecule has 0 fully saturated rings. The number of hydrogen-bond donors (Lipinski definition) is 0. The van der Waals surface area contributed by atoms with Crippen LogP contribution < -0.4 is 0 Å². The van der Waals surface area contributed by atoms with E-state index in [1.807, 2.05) is 0 Å². The number of hydrogen-bond acceptors (Lipinski definition) is 1. The summed E-state index contributed by atoms with van der Waals surface area (Å²) in [6.45, 7) is 1.25. The maximum atomic E-state index is 12.7. The lowest BCUT2D eigenvalue weighted by molar-refractivity contribution is -0.138. The Kier molecular flexibility index (Phi) is 4.39. The van der Waals surface area contributed by atoms with Crippen molar-refractivity contribution in [1.82, 2.24) is 0 Å². The Hall–Kier alpha value is -0.110. The van der Waals surface area contributed by atoms with Crippen molar-refractivity contribution in [2.75, 3.05) is 0 Å². The minimum Gasteiger partial charge on any atom is -0.298 e.